The van der Waals surface area contributed by atoms with Gasteiger partial charge in [-0.15, -0.1) is 0 Å². The van der Waals surface area contributed by atoms with Gasteiger partial charge in [0.1, 0.15) is 0 Å². The number of amides is 1. The summed E-state index contributed by atoms with van der Waals surface area (Å²) in [5, 5.41) is 3.12. The number of hydrogen-bond acceptors (Lipinski definition) is 2. The zero-order valence-electron chi connectivity index (χ0n) is 11.2. The van der Waals surface area contributed by atoms with Gasteiger partial charge in [-0.05, 0) is 18.4 Å². The molecule has 102 valence electrons. The van der Waals surface area contributed by atoms with E-state index in [1.165, 1.54) is 24.1 Å². The number of carbonyl (C=O) groups excluding carboxylic acids is 1. The van der Waals surface area contributed by atoms with Crippen molar-refractivity contribution in [3.05, 3.63) is 54.1 Å². The summed E-state index contributed by atoms with van der Waals surface area (Å²) in [4.78, 5) is 16.2. The fraction of sp³-hybridized carbons (Fsp3) is 0.375. The van der Waals surface area contributed by atoms with Gasteiger partial charge in [0.2, 0.25) is 5.91 Å². The minimum Gasteiger partial charge on any atom is -0.349 e. The van der Waals surface area contributed by atoms with Gasteiger partial charge in [0.25, 0.3) is 0 Å². The van der Waals surface area contributed by atoms with Crippen molar-refractivity contribution >= 4 is 5.91 Å². The summed E-state index contributed by atoms with van der Waals surface area (Å²) in [6, 6.07) is 10.9. The highest BCUT2D eigenvalue weighted by atomic mass is 16.2. The Labute approximate surface area is 117 Å². The van der Waals surface area contributed by atoms with Gasteiger partial charge >= 0.3 is 0 Å². The molecule has 2 atom stereocenters. The number of aromatic nitrogens is 2. The molecule has 1 aliphatic heterocycles. The van der Waals surface area contributed by atoms with Crippen molar-refractivity contribution in [1.29, 1.82) is 0 Å². The Kier molecular flexibility index (Phi) is 2.62. The van der Waals surface area contributed by atoms with E-state index in [-0.39, 0.29) is 17.9 Å². The summed E-state index contributed by atoms with van der Waals surface area (Å²) in [5.41, 5.74) is 2.37. The van der Waals surface area contributed by atoms with Gasteiger partial charge in [0.05, 0.1) is 12.4 Å². The molecule has 1 saturated carbocycles. The third-order valence-corrected chi connectivity index (χ3v) is 4.30. The number of imidazole rings is 1. The molecular formula is C16H17N3O. The van der Waals surface area contributed by atoms with Crippen molar-refractivity contribution in [3.8, 4) is 0 Å². The molecule has 4 nitrogen and oxygen atoms in total. The summed E-state index contributed by atoms with van der Waals surface area (Å²) in [6.07, 6.45) is 6.86. The minimum atomic E-state index is 0.0675. The molecule has 2 aliphatic rings. The molecule has 1 N–H and O–H groups in total. The number of nitrogens with one attached hydrogen (secondary N) is 1. The number of carbonyl (C=O) groups is 1. The SMILES string of the molecule is O=C1CC(c2cncn2C2CC2)C(c2ccccc2)N1. The Balaban J connectivity index is 1.71. The monoisotopic (exact) mass is 267 g/mol. The van der Waals surface area contributed by atoms with Crippen molar-refractivity contribution in [1.82, 2.24) is 14.9 Å². The lowest BCUT2D eigenvalue weighted by Crippen LogP contribution is -2.21. The molecule has 2 aromatic rings. The fourth-order valence-electron chi connectivity index (χ4n) is 3.16. The van der Waals surface area contributed by atoms with E-state index < -0.39 is 0 Å². The molecule has 0 bridgehead atoms. The molecule has 1 aromatic carbocycles. The van der Waals surface area contributed by atoms with Gasteiger partial charge in [0.15, 0.2) is 0 Å². The van der Waals surface area contributed by atoms with E-state index in [0.29, 0.717) is 12.5 Å². The molecule has 4 rings (SSSR count). The van der Waals surface area contributed by atoms with Crippen LogP contribution >= 0.6 is 0 Å². The first-order chi connectivity index (χ1) is 9.83. The van der Waals surface area contributed by atoms with Crippen LogP contribution in [-0.2, 0) is 4.79 Å². The first kappa shape index (κ1) is 11.7. The van der Waals surface area contributed by atoms with Crippen LogP contribution < -0.4 is 5.32 Å². The molecule has 0 spiro atoms. The van der Waals surface area contributed by atoms with Crippen LogP contribution in [0.5, 0.6) is 0 Å². The van der Waals surface area contributed by atoms with E-state index in [4.69, 9.17) is 0 Å². The van der Waals surface area contributed by atoms with Crippen molar-refractivity contribution in [2.75, 3.05) is 0 Å². The lowest BCUT2D eigenvalue weighted by molar-refractivity contribution is -0.119. The van der Waals surface area contributed by atoms with Crippen molar-refractivity contribution in [2.24, 2.45) is 0 Å². The van der Waals surface area contributed by atoms with Crippen LogP contribution in [0.3, 0.4) is 0 Å². The van der Waals surface area contributed by atoms with Gasteiger partial charge in [-0.2, -0.15) is 0 Å². The molecular weight excluding hydrogens is 250 g/mol. The molecule has 0 radical (unpaired) electrons. The van der Waals surface area contributed by atoms with Crippen LogP contribution in [0.4, 0.5) is 0 Å². The van der Waals surface area contributed by atoms with Crippen molar-refractivity contribution in [2.45, 2.75) is 37.3 Å². The smallest absolute Gasteiger partial charge is 0.221 e. The van der Waals surface area contributed by atoms with Crippen LogP contribution in [0.15, 0.2) is 42.9 Å². The van der Waals surface area contributed by atoms with Crippen molar-refractivity contribution in [3.63, 3.8) is 0 Å². The number of benzene rings is 1. The maximum Gasteiger partial charge on any atom is 0.221 e. The largest absolute Gasteiger partial charge is 0.349 e. The third-order valence-electron chi connectivity index (χ3n) is 4.30. The number of nitrogens with zero attached hydrogens (tertiary/aromatic N) is 2. The van der Waals surface area contributed by atoms with Gasteiger partial charge in [-0.1, -0.05) is 30.3 Å². The average Bonchev–Trinajstić information content (AvgIpc) is 3.07. The second kappa shape index (κ2) is 4.47. The lowest BCUT2D eigenvalue weighted by Gasteiger charge is -2.20. The molecule has 4 heteroatoms. The number of hydrogen-bond donors (Lipinski definition) is 1. The average molecular weight is 267 g/mol. The van der Waals surface area contributed by atoms with Crippen molar-refractivity contribution < 1.29 is 4.79 Å². The first-order valence-corrected chi connectivity index (χ1v) is 7.19. The standard InChI is InChI=1S/C16H17N3O/c20-15-8-13(14-9-17-10-19(14)12-6-7-12)16(18-15)11-4-2-1-3-5-11/h1-5,9-10,12-13,16H,6-8H2,(H,18,20). The Morgan fingerprint density at radius 3 is 2.75 bits per heavy atom. The number of rotatable bonds is 3. The summed E-state index contributed by atoms with van der Waals surface area (Å²) in [5.74, 6) is 0.320. The highest BCUT2D eigenvalue weighted by Crippen LogP contribution is 2.42. The Bertz CT molecular complexity index is 630. The summed E-state index contributed by atoms with van der Waals surface area (Å²) in [6.45, 7) is 0. The van der Waals surface area contributed by atoms with Gasteiger partial charge < -0.3 is 9.88 Å². The predicted molar refractivity (Wildman–Crippen MR) is 75.2 cm³/mol. The highest BCUT2D eigenvalue weighted by molar-refractivity contribution is 5.80. The molecule has 1 aliphatic carbocycles. The van der Waals surface area contributed by atoms with E-state index in [9.17, 15) is 4.79 Å². The van der Waals surface area contributed by atoms with Crippen LogP contribution in [0.25, 0.3) is 0 Å². The van der Waals surface area contributed by atoms with Gasteiger partial charge in [0, 0.05) is 30.3 Å². The molecule has 20 heavy (non-hydrogen) atoms. The predicted octanol–water partition coefficient (Wildman–Crippen LogP) is 2.56. The third kappa shape index (κ3) is 1.92. The quantitative estimate of drug-likeness (QED) is 0.929. The summed E-state index contributed by atoms with van der Waals surface area (Å²) >= 11 is 0. The zero-order valence-corrected chi connectivity index (χ0v) is 11.2. The summed E-state index contributed by atoms with van der Waals surface area (Å²) < 4.78 is 2.26. The Morgan fingerprint density at radius 1 is 1.20 bits per heavy atom. The molecule has 1 saturated heterocycles. The van der Waals surface area contributed by atoms with E-state index in [2.05, 4.69) is 27.0 Å². The summed E-state index contributed by atoms with van der Waals surface area (Å²) in [7, 11) is 0. The van der Waals surface area contributed by atoms with E-state index in [0.717, 1.165) is 0 Å². The van der Waals surface area contributed by atoms with Crippen LogP contribution in [0, 0.1) is 0 Å². The highest BCUT2D eigenvalue weighted by Gasteiger charge is 2.38. The molecule has 2 unspecified atom stereocenters. The second-order valence-corrected chi connectivity index (χ2v) is 5.72. The lowest BCUT2D eigenvalue weighted by atomic mass is 9.91. The van der Waals surface area contributed by atoms with E-state index in [1.54, 1.807) is 0 Å². The molecule has 1 amide bonds. The fourth-order valence-corrected chi connectivity index (χ4v) is 3.16. The maximum absolute atomic E-state index is 11.9. The minimum absolute atomic E-state index is 0.0675. The topological polar surface area (TPSA) is 46.9 Å². The zero-order chi connectivity index (χ0) is 13.5. The van der Waals surface area contributed by atoms with E-state index >= 15 is 0 Å². The van der Waals surface area contributed by atoms with E-state index in [1.807, 2.05) is 30.7 Å². The second-order valence-electron chi connectivity index (χ2n) is 5.72. The van der Waals surface area contributed by atoms with Gasteiger partial charge in [-0.3, -0.25) is 4.79 Å². The normalized spacial score (nSPS) is 25.7. The van der Waals surface area contributed by atoms with Crippen LogP contribution in [-0.4, -0.2) is 15.5 Å². The first-order valence-electron chi connectivity index (χ1n) is 7.19. The Hall–Kier alpha value is -2.10. The molecule has 1 aromatic heterocycles. The van der Waals surface area contributed by atoms with Crippen LogP contribution in [0.2, 0.25) is 0 Å². The molecule has 2 fully saturated rings. The maximum atomic E-state index is 11.9. The molecule has 2 heterocycles. The van der Waals surface area contributed by atoms with Gasteiger partial charge in [-0.25, -0.2) is 4.98 Å². The Morgan fingerprint density at radius 2 is 2.00 bits per heavy atom. The van der Waals surface area contributed by atoms with Crippen LogP contribution in [0.1, 0.15) is 48.5 Å².